The van der Waals surface area contributed by atoms with E-state index in [9.17, 15) is 0 Å². The van der Waals surface area contributed by atoms with Gasteiger partial charge in [-0.05, 0) is 18.6 Å². The van der Waals surface area contributed by atoms with E-state index in [0.717, 1.165) is 11.3 Å². The molecule has 1 aromatic heterocycles. The summed E-state index contributed by atoms with van der Waals surface area (Å²) in [7, 11) is 2.00. The Morgan fingerprint density at radius 3 is 2.33 bits per heavy atom. The Bertz CT molecular complexity index is 325. The highest BCUT2D eigenvalue weighted by molar-refractivity contribution is 7.71. The van der Waals surface area contributed by atoms with Crippen LogP contribution in [0.4, 0.5) is 0 Å². The number of hydrogen-bond acceptors (Lipinski definition) is 1. The van der Waals surface area contributed by atoms with Crippen LogP contribution in [0.3, 0.4) is 0 Å². The van der Waals surface area contributed by atoms with Crippen LogP contribution in [0.5, 0.6) is 0 Å². The van der Waals surface area contributed by atoms with Gasteiger partial charge >= 0.3 is 0 Å². The van der Waals surface area contributed by atoms with Gasteiger partial charge in [0, 0.05) is 26.0 Å². The summed E-state index contributed by atoms with van der Waals surface area (Å²) in [4.78, 5) is 0. The fourth-order valence-corrected chi connectivity index (χ4v) is 1.96. The smallest absolute Gasteiger partial charge is 0.179 e. The van der Waals surface area contributed by atoms with Crippen LogP contribution in [-0.4, -0.2) is 9.13 Å². The van der Waals surface area contributed by atoms with Gasteiger partial charge in [-0.15, -0.1) is 0 Å². The maximum absolute atomic E-state index is 5.27. The molecule has 2 nitrogen and oxygen atoms in total. The zero-order chi connectivity index (χ0) is 11.1. The molecule has 0 saturated carbocycles. The number of rotatable bonds is 7. The van der Waals surface area contributed by atoms with E-state index >= 15 is 0 Å². The molecule has 1 heterocycles. The monoisotopic (exact) mass is 226 g/mol. The van der Waals surface area contributed by atoms with Crippen molar-refractivity contribution in [3.8, 4) is 0 Å². The van der Waals surface area contributed by atoms with E-state index in [1.165, 1.54) is 38.5 Å². The van der Waals surface area contributed by atoms with Crippen LogP contribution in [0.15, 0.2) is 12.4 Å². The lowest BCUT2D eigenvalue weighted by atomic mass is 10.1. The average molecular weight is 226 g/mol. The van der Waals surface area contributed by atoms with Gasteiger partial charge < -0.3 is 9.13 Å². The van der Waals surface area contributed by atoms with Crippen molar-refractivity contribution in [1.82, 2.24) is 9.13 Å². The molecule has 0 aromatic carbocycles. The number of aromatic nitrogens is 2. The predicted molar refractivity (Wildman–Crippen MR) is 67.6 cm³/mol. The first kappa shape index (κ1) is 12.5. The minimum Gasteiger partial charge on any atom is -0.327 e. The molecule has 0 fully saturated rings. The molecule has 0 amide bonds. The normalized spacial score (nSPS) is 10.8. The van der Waals surface area contributed by atoms with Crippen molar-refractivity contribution < 1.29 is 0 Å². The lowest BCUT2D eigenvalue weighted by Crippen LogP contribution is -1.98. The van der Waals surface area contributed by atoms with Gasteiger partial charge in [-0.1, -0.05) is 39.0 Å². The molecule has 15 heavy (non-hydrogen) atoms. The Labute approximate surface area is 97.9 Å². The Kier molecular flexibility index (Phi) is 5.69. The van der Waals surface area contributed by atoms with Gasteiger partial charge in [0.1, 0.15) is 0 Å². The van der Waals surface area contributed by atoms with Gasteiger partial charge in [0.15, 0.2) is 4.77 Å². The molecule has 0 spiro atoms. The van der Waals surface area contributed by atoms with Crippen molar-refractivity contribution in [3.05, 3.63) is 17.2 Å². The van der Waals surface area contributed by atoms with Gasteiger partial charge in [0.05, 0.1) is 0 Å². The van der Waals surface area contributed by atoms with Gasteiger partial charge in [0.2, 0.25) is 0 Å². The van der Waals surface area contributed by atoms with Crippen molar-refractivity contribution in [2.45, 2.75) is 52.0 Å². The van der Waals surface area contributed by atoms with Crippen LogP contribution in [-0.2, 0) is 13.6 Å². The summed E-state index contributed by atoms with van der Waals surface area (Å²) in [6.45, 7) is 3.33. The Balaban J connectivity index is 2.15. The molecule has 0 aliphatic rings. The first-order valence-electron chi connectivity index (χ1n) is 5.97. The van der Waals surface area contributed by atoms with Crippen molar-refractivity contribution in [1.29, 1.82) is 0 Å². The number of aryl methyl sites for hydroxylation is 2. The summed E-state index contributed by atoms with van der Waals surface area (Å²) in [6.07, 6.45) is 12.1. The van der Waals surface area contributed by atoms with Crippen LogP contribution in [0.1, 0.15) is 45.4 Å². The fourth-order valence-electron chi connectivity index (χ4n) is 1.74. The maximum Gasteiger partial charge on any atom is 0.179 e. The van der Waals surface area contributed by atoms with Crippen LogP contribution >= 0.6 is 12.2 Å². The predicted octanol–water partition coefficient (Wildman–Crippen LogP) is 3.92. The molecule has 0 atom stereocenters. The van der Waals surface area contributed by atoms with Gasteiger partial charge in [-0.3, -0.25) is 0 Å². The van der Waals surface area contributed by atoms with E-state index < -0.39 is 0 Å². The molecule has 86 valence electrons. The number of nitrogens with zero attached hydrogens (tertiary/aromatic N) is 2. The summed E-state index contributed by atoms with van der Waals surface area (Å²) in [5.74, 6) is 0. The first-order valence-corrected chi connectivity index (χ1v) is 6.38. The zero-order valence-corrected chi connectivity index (χ0v) is 10.7. The summed E-state index contributed by atoms with van der Waals surface area (Å²) >= 11 is 5.27. The highest BCUT2D eigenvalue weighted by atomic mass is 32.1. The number of hydrogen-bond donors (Lipinski definition) is 0. The van der Waals surface area contributed by atoms with Crippen molar-refractivity contribution in [2.24, 2.45) is 7.05 Å². The van der Waals surface area contributed by atoms with Crippen LogP contribution < -0.4 is 0 Å². The second kappa shape index (κ2) is 6.83. The highest BCUT2D eigenvalue weighted by Crippen LogP contribution is 2.06. The highest BCUT2D eigenvalue weighted by Gasteiger charge is 1.95. The molecular formula is C12H22N2S. The molecule has 0 aliphatic heterocycles. The van der Waals surface area contributed by atoms with Crippen molar-refractivity contribution >= 4 is 12.2 Å². The SMILES string of the molecule is CCCCCCCCn1ccn(C)c1=S. The lowest BCUT2D eigenvalue weighted by molar-refractivity contribution is 0.551. The molecule has 3 heteroatoms. The molecule has 0 unspecified atom stereocenters. The molecule has 0 bridgehead atoms. The minimum atomic E-state index is 0.934. The fraction of sp³-hybridized carbons (Fsp3) is 0.750. The molecule has 0 N–H and O–H groups in total. The second-order valence-corrected chi connectivity index (χ2v) is 4.52. The topological polar surface area (TPSA) is 9.86 Å². The van der Waals surface area contributed by atoms with Gasteiger partial charge in [-0.2, -0.15) is 0 Å². The third kappa shape index (κ3) is 4.20. The van der Waals surface area contributed by atoms with E-state index in [1.807, 2.05) is 17.8 Å². The first-order chi connectivity index (χ1) is 7.25. The summed E-state index contributed by atoms with van der Waals surface area (Å²) in [5, 5.41) is 0. The van der Waals surface area contributed by atoms with Crippen LogP contribution in [0.25, 0.3) is 0 Å². The second-order valence-electron chi connectivity index (χ2n) is 4.15. The van der Waals surface area contributed by atoms with E-state index in [1.54, 1.807) is 0 Å². The van der Waals surface area contributed by atoms with E-state index in [0.29, 0.717) is 0 Å². The van der Waals surface area contributed by atoms with Crippen LogP contribution in [0, 0.1) is 4.77 Å². The summed E-state index contributed by atoms with van der Waals surface area (Å²) in [5.41, 5.74) is 0. The molecule has 1 aromatic rings. The quantitative estimate of drug-likeness (QED) is 0.506. The maximum atomic E-state index is 5.27. The third-order valence-corrected chi connectivity index (χ3v) is 3.29. The number of imidazole rings is 1. The third-order valence-electron chi connectivity index (χ3n) is 2.77. The van der Waals surface area contributed by atoms with E-state index in [4.69, 9.17) is 12.2 Å². The van der Waals surface area contributed by atoms with Crippen LogP contribution in [0.2, 0.25) is 0 Å². The molecule has 0 radical (unpaired) electrons. The largest absolute Gasteiger partial charge is 0.327 e. The minimum absolute atomic E-state index is 0.934. The Morgan fingerprint density at radius 1 is 1.07 bits per heavy atom. The molecule has 0 aliphatic carbocycles. The van der Waals surface area contributed by atoms with E-state index in [-0.39, 0.29) is 0 Å². The van der Waals surface area contributed by atoms with Gasteiger partial charge in [-0.25, -0.2) is 0 Å². The molecule has 0 saturated heterocycles. The Hall–Kier alpha value is -0.570. The zero-order valence-electron chi connectivity index (χ0n) is 9.91. The molecule has 1 rings (SSSR count). The van der Waals surface area contributed by atoms with Gasteiger partial charge in [0.25, 0.3) is 0 Å². The average Bonchev–Trinajstić information content (AvgIpc) is 2.54. The summed E-state index contributed by atoms with van der Waals surface area (Å²) < 4.78 is 5.09. The van der Waals surface area contributed by atoms with Crippen molar-refractivity contribution in [2.75, 3.05) is 0 Å². The Morgan fingerprint density at radius 2 is 1.73 bits per heavy atom. The summed E-state index contributed by atoms with van der Waals surface area (Å²) in [6, 6.07) is 0. The lowest BCUT2D eigenvalue weighted by Gasteiger charge is -2.02. The number of unbranched alkanes of at least 4 members (excludes halogenated alkanes) is 5. The van der Waals surface area contributed by atoms with Crippen molar-refractivity contribution in [3.63, 3.8) is 0 Å². The molecular weight excluding hydrogens is 204 g/mol. The standard InChI is InChI=1S/C12H22N2S/c1-3-4-5-6-7-8-9-14-11-10-13(2)12(14)15/h10-11H,3-9H2,1-2H3. The van der Waals surface area contributed by atoms with E-state index in [2.05, 4.69) is 17.7 Å².